The van der Waals surface area contributed by atoms with Crippen LogP contribution in [0.15, 0.2) is 0 Å². The Hall–Kier alpha value is -1.59. The quantitative estimate of drug-likeness (QED) is 0.0356. The van der Waals surface area contributed by atoms with Crippen LogP contribution in [0.3, 0.4) is 0 Å². The maximum absolute atomic E-state index is 12.7. The van der Waals surface area contributed by atoms with E-state index in [0.717, 1.165) is 70.1 Å². The summed E-state index contributed by atoms with van der Waals surface area (Å²) in [6, 6.07) is 0. The highest BCUT2D eigenvalue weighted by atomic mass is 16.6. The molecule has 0 bridgehead atoms. The summed E-state index contributed by atoms with van der Waals surface area (Å²) >= 11 is 0. The molecule has 0 radical (unpaired) electrons. The van der Waals surface area contributed by atoms with Gasteiger partial charge in [0.25, 0.3) is 0 Å². The number of hydrogen-bond donors (Lipinski definition) is 0. The summed E-state index contributed by atoms with van der Waals surface area (Å²) < 4.78 is 16.6. The molecule has 0 aromatic carbocycles. The van der Waals surface area contributed by atoms with Crippen molar-refractivity contribution in [3.63, 3.8) is 0 Å². The third kappa shape index (κ3) is 39.5. The zero-order valence-electron chi connectivity index (χ0n) is 34.6. The zero-order chi connectivity index (χ0) is 37.5. The number of ether oxygens (including phenoxy) is 3. The van der Waals surface area contributed by atoms with E-state index in [2.05, 4.69) is 27.7 Å². The molecule has 0 rings (SSSR count). The van der Waals surface area contributed by atoms with Crippen LogP contribution in [0, 0.1) is 5.92 Å². The molecule has 0 amide bonds. The van der Waals surface area contributed by atoms with Crippen molar-refractivity contribution in [2.45, 2.75) is 252 Å². The molecule has 6 nitrogen and oxygen atoms in total. The molecule has 0 spiro atoms. The van der Waals surface area contributed by atoms with Gasteiger partial charge in [0.15, 0.2) is 6.10 Å². The van der Waals surface area contributed by atoms with E-state index >= 15 is 0 Å². The molecule has 0 aliphatic rings. The van der Waals surface area contributed by atoms with Crippen LogP contribution >= 0.6 is 0 Å². The predicted octanol–water partition coefficient (Wildman–Crippen LogP) is 13.9. The first kappa shape index (κ1) is 49.4. The van der Waals surface area contributed by atoms with Crippen LogP contribution in [0.1, 0.15) is 246 Å². The number of hydrogen-bond acceptors (Lipinski definition) is 6. The normalized spacial score (nSPS) is 11.9. The summed E-state index contributed by atoms with van der Waals surface area (Å²) in [5.74, 6) is -0.0505. The molecule has 302 valence electrons. The largest absolute Gasteiger partial charge is 0.462 e. The van der Waals surface area contributed by atoms with Crippen LogP contribution in [0.5, 0.6) is 0 Å². The fourth-order valence-corrected chi connectivity index (χ4v) is 6.63. The smallest absolute Gasteiger partial charge is 0.306 e. The minimum Gasteiger partial charge on any atom is -0.462 e. The van der Waals surface area contributed by atoms with Gasteiger partial charge < -0.3 is 14.2 Å². The van der Waals surface area contributed by atoms with Gasteiger partial charge in [0.1, 0.15) is 13.2 Å². The number of unbranched alkanes of at least 4 members (excludes halogenated alkanes) is 27. The second-order valence-electron chi connectivity index (χ2n) is 15.8. The third-order valence-corrected chi connectivity index (χ3v) is 10.0. The number of rotatable bonds is 40. The van der Waals surface area contributed by atoms with Gasteiger partial charge in [-0.05, 0) is 25.2 Å². The van der Waals surface area contributed by atoms with Crippen molar-refractivity contribution in [1.82, 2.24) is 0 Å². The topological polar surface area (TPSA) is 78.9 Å². The van der Waals surface area contributed by atoms with Gasteiger partial charge in [-0.2, -0.15) is 0 Å². The van der Waals surface area contributed by atoms with E-state index in [1.807, 2.05) is 0 Å². The molecular formula is C45H86O6. The minimum atomic E-state index is -0.757. The fourth-order valence-electron chi connectivity index (χ4n) is 6.63. The summed E-state index contributed by atoms with van der Waals surface area (Å²) in [5.41, 5.74) is 0. The molecule has 0 saturated carbocycles. The van der Waals surface area contributed by atoms with E-state index < -0.39 is 6.10 Å². The molecule has 0 heterocycles. The Labute approximate surface area is 317 Å². The molecular weight excluding hydrogens is 636 g/mol. The van der Waals surface area contributed by atoms with Crippen LogP contribution < -0.4 is 0 Å². The van der Waals surface area contributed by atoms with Gasteiger partial charge in [-0.25, -0.2) is 0 Å². The van der Waals surface area contributed by atoms with Gasteiger partial charge in [0, 0.05) is 19.3 Å². The van der Waals surface area contributed by atoms with Crippen LogP contribution in [0.2, 0.25) is 0 Å². The van der Waals surface area contributed by atoms with Crippen molar-refractivity contribution in [2.24, 2.45) is 5.92 Å². The van der Waals surface area contributed by atoms with Crippen LogP contribution in [-0.2, 0) is 28.6 Å². The molecule has 6 heteroatoms. The first-order valence-corrected chi connectivity index (χ1v) is 22.4. The first-order valence-electron chi connectivity index (χ1n) is 22.4. The molecule has 1 atom stereocenters. The van der Waals surface area contributed by atoms with Gasteiger partial charge in [0.05, 0.1) is 0 Å². The summed E-state index contributed by atoms with van der Waals surface area (Å²) in [5, 5.41) is 0. The SMILES string of the molecule is CCCCCCCCCCCCCCCCCC(=O)O[C@@H](COC(=O)CCCCCCC)COC(=O)CCCCCCCCCCCCC(C)C. The molecule has 0 unspecified atom stereocenters. The lowest BCUT2D eigenvalue weighted by Crippen LogP contribution is -2.30. The highest BCUT2D eigenvalue weighted by Gasteiger charge is 2.19. The zero-order valence-corrected chi connectivity index (χ0v) is 34.6. The Morgan fingerprint density at radius 3 is 0.961 bits per heavy atom. The van der Waals surface area contributed by atoms with Gasteiger partial charge in [-0.3, -0.25) is 14.4 Å². The lowest BCUT2D eigenvalue weighted by atomic mass is 10.0. The van der Waals surface area contributed by atoms with E-state index in [1.165, 1.54) is 135 Å². The molecule has 0 aliphatic carbocycles. The molecule has 0 aliphatic heterocycles. The van der Waals surface area contributed by atoms with Gasteiger partial charge >= 0.3 is 17.9 Å². The van der Waals surface area contributed by atoms with E-state index in [9.17, 15) is 14.4 Å². The van der Waals surface area contributed by atoms with E-state index in [1.54, 1.807) is 0 Å². The average Bonchev–Trinajstić information content (AvgIpc) is 3.11. The Kier molecular flexibility index (Phi) is 38.4. The third-order valence-electron chi connectivity index (χ3n) is 10.0. The summed E-state index contributed by atoms with van der Waals surface area (Å²) in [7, 11) is 0. The molecule has 0 saturated heterocycles. The van der Waals surface area contributed by atoms with E-state index in [0.29, 0.717) is 19.3 Å². The van der Waals surface area contributed by atoms with Crippen molar-refractivity contribution in [3.8, 4) is 0 Å². The van der Waals surface area contributed by atoms with Crippen molar-refractivity contribution in [3.05, 3.63) is 0 Å². The minimum absolute atomic E-state index is 0.0651. The van der Waals surface area contributed by atoms with E-state index in [4.69, 9.17) is 14.2 Å². The molecule has 51 heavy (non-hydrogen) atoms. The lowest BCUT2D eigenvalue weighted by molar-refractivity contribution is -0.167. The monoisotopic (exact) mass is 723 g/mol. The number of carbonyl (C=O) groups is 3. The molecule has 0 aromatic heterocycles. The highest BCUT2D eigenvalue weighted by Crippen LogP contribution is 2.16. The maximum atomic E-state index is 12.7. The maximum Gasteiger partial charge on any atom is 0.306 e. The van der Waals surface area contributed by atoms with Crippen molar-refractivity contribution >= 4 is 17.9 Å². The average molecular weight is 723 g/mol. The second-order valence-corrected chi connectivity index (χ2v) is 15.8. The predicted molar refractivity (Wildman–Crippen MR) is 215 cm³/mol. The van der Waals surface area contributed by atoms with Crippen LogP contribution in [0.25, 0.3) is 0 Å². The van der Waals surface area contributed by atoms with Crippen molar-refractivity contribution < 1.29 is 28.6 Å². The van der Waals surface area contributed by atoms with Crippen LogP contribution in [-0.4, -0.2) is 37.2 Å². The number of esters is 3. The van der Waals surface area contributed by atoms with Gasteiger partial charge in [-0.1, -0.05) is 207 Å². The summed E-state index contributed by atoms with van der Waals surface area (Å²) in [6.45, 7) is 8.90. The Morgan fingerprint density at radius 1 is 0.373 bits per heavy atom. The lowest BCUT2D eigenvalue weighted by Gasteiger charge is -2.18. The van der Waals surface area contributed by atoms with Crippen LogP contribution in [0.4, 0.5) is 0 Å². The van der Waals surface area contributed by atoms with Gasteiger partial charge in [0.2, 0.25) is 0 Å². The molecule has 0 N–H and O–H groups in total. The number of carbonyl (C=O) groups excluding carboxylic acids is 3. The Bertz CT molecular complexity index is 766. The summed E-state index contributed by atoms with van der Waals surface area (Å²) in [6.07, 6.45) is 38.3. The van der Waals surface area contributed by atoms with E-state index in [-0.39, 0.29) is 31.1 Å². The summed E-state index contributed by atoms with van der Waals surface area (Å²) in [4.78, 5) is 37.4. The highest BCUT2D eigenvalue weighted by molar-refractivity contribution is 5.71. The first-order chi connectivity index (χ1) is 24.9. The Balaban J connectivity index is 4.19. The second kappa shape index (κ2) is 39.6. The molecule has 0 aromatic rings. The molecule has 0 fully saturated rings. The van der Waals surface area contributed by atoms with Crippen molar-refractivity contribution in [1.29, 1.82) is 0 Å². The van der Waals surface area contributed by atoms with Crippen molar-refractivity contribution in [2.75, 3.05) is 13.2 Å². The van der Waals surface area contributed by atoms with Gasteiger partial charge in [-0.15, -0.1) is 0 Å². The Morgan fingerprint density at radius 2 is 0.647 bits per heavy atom. The standard InChI is InChI=1S/C45H86O6/c1-5-7-9-11-12-13-14-15-16-17-18-23-26-30-34-38-45(48)51-42(39-49-43(46)36-32-27-10-8-6-2)40-50-44(47)37-33-29-25-22-20-19-21-24-28-31-35-41(3)4/h41-42H,5-40H2,1-4H3/t42-/m0/s1. The fraction of sp³-hybridized carbons (Fsp3) is 0.933.